The first kappa shape index (κ1) is 17.6. The molecular formula is C23H23N3OS. The first-order valence-electron chi connectivity index (χ1n) is 10.0. The number of aromatic nitrogens is 2. The molecule has 5 heteroatoms. The molecule has 0 atom stereocenters. The molecule has 1 spiro atoms. The summed E-state index contributed by atoms with van der Waals surface area (Å²) in [4.78, 5) is 21.2. The van der Waals surface area contributed by atoms with Gasteiger partial charge in [0.25, 0.3) is 0 Å². The van der Waals surface area contributed by atoms with Crippen LogP contribution in [0.1, 0.15) is 50.5 Å². The predicted molar refractivity (Wildman–Crippen MR) is 113 cm³/mol. The van der Waals surface area contributed by atoms with Crippen LogP contribution >= 0.6 is 11.3 Å². The molecule has 1 amide bonds. The second-order valence-electron chi connectivity index (χ2n) is 7.92. The predicted octanol–water partition coefficient (Wildman–Crippen LogP) is 5.81. The molecule has 28 heavy (non-hydrogen) atoms. The number of anilines is 1. The number of benzene rings is 1. The van der Waals surface area contributed by atoms with Crippen molar-refractivity contribution in [2.75, 3.05) is 5.32 Å². The zero-order chi connectivity index (χ0) is 19.0. The SMILES string of the molecule is O=C1CCC2(CCCCC2)c2cc(-c3csc(-c4ccncc4)n3)ccc2N1. The van der Waals surface area contributed by atoms with E-state index in [1.54, 1.807) is 23.7 Å². The number of nitrogens with one attached hydrogen (secondary N) is 1. The van der Waals surface area contributed by atoms with Gasteiger partial charge < -0.3 is 5.32 Å². The normalized spacial score (nSPS) is 18.4. The largest absolute Gasteiger partial charge is 0.326 e. The molecule has 1 N–H and O–H groups in total. The zero-order valence-corrected chi connectivity index (χ0v) is 16.6. The Morgan fingerprint density at radius 2 is 1.79 bits per heavy atom. The van der Waals surface area contributed by atoms with Crippen LogP contribution in [0, 0.1) is 0 Å². The molecular weight excluding hydrogens is 366 g/mol. The summed E-state index contributed by atoms with van der Waals surface area (Å²) in [5.41, 5.74) is 5.67. The third kappa shape index (κ3) is 3.14. The zero-order valence-electron chi connectivity index (χ0n) is 15.8. The van der Waals surface area contributed by atoms with Gasteiger partial charge in [0.2, 0.25) is 5.91 Å². The lowest BCUT2D eigenvalue weighted by Crippen LogP contribution is -2.28. The van der Waals surface area contributed by atoms with Crippen LogP contribution in [0.2, 0.25) is 0 Å². The Kier molecular flexibility index (Phi) is 4.47. The quantitative estimate of drug-likeness (QED) is 0.602. The van der Waals surface area contributed by atoms with Gasteiger partial charge in [0.1, 0.15) is 5.01 Å². The van der Waals surface area contributed by atoms with Gasteiger partial charge >= 0.3 is 0 Å². The average Bonchev–Trinajstić information content (AvgIpc) is 3.20. The highest BCUT2D eigenvalue weighted by atomic mass is 32.1. The number of rotatable bonds is 2. The molecule has 1 aromatic carbocycles. The Morgan fingerprint density at radius 3 is 2.61 bits per heavy atom. The minimum atomic E-state index is 0.132. The first-order valence-corrected chi connectivity index (χ1v) is 10.9. The number of nitrogens with zero attached hydrogens (tertiary/aromatic N) is 2. The lowest BCUT2D eigenvalue weighted by atomic mass is 9.66. The third-order valence-corrected chi connectivity index (χ3v) is 7.12. The van der Waals surface area contributed by atoms with Gasteiger partial charge in [-0.25, -0.2) is 4.98 Å². The van der Waals surface area contributed by atoms with E-state index in [1.165, 1.54) is 37.7 Å². The van der Waals surface area contributed by atoms with Gasteiger partial charge in [-0.15, -0.1) is 11.3 Å². The van der Waals surface area contributed by atoms with Crippen molar-refractivity contribution in [3.05, 3.63) is 53.7 Å². The summed E-state index contributed by atoms with van der Waals surface area (Å²) >= 11 is 1.66. The molecule has 0 bridgehead atoms. The summed E-state index contributed by atoms with van der Waals surface area (Å²) in [5, 5.41) is 6.27. The monoisotopic (exact) mass is 389 g/mol. The van der Waals surface area contributed by atoms with Gasteiger partial charge in [-0.05, 0) is 54.5 Å². The Labute approximate surface area is 169 Å². The van der Waals surface area contributed by atoms with Crippen molar-refractivity contribution in [1.82, 2.24) is 9.97 Å². The molecule has 0 radical (unpaired) electrons. The molecule has 0 unspecified atom stereocenters. The van der Waals surface area contributed by atoms with Crippen molar-refractivity contribution in [1.29, 1.82) is 0 Å². The molecule has 2 aliphatic rings. The van der Waals surface area contributed by atoms with E-state index in [0.29, 0.717) is 6.42 Å². The molecule has 4 nitrogen and oxygen atoms in total. The molecule has 1 saturated carbocycles. The van der Waals surface area contributed by atoms with Crippen LogP contribution in [0.3, 0.4) is 0 Å². The van der Waals surface area contributed by atoms with Crippen molar-refractivity contribution < 1.29 is 4.79 Å². The van der Waals surface area contributed by atoms with Crippen LogP contribution in [0.15, 0.2) is 48.1 Å². The van der Waals surface area contributed by atoms with Crippen molar-refractivity contribution in [3.63, 3.8) is 0 Å². The lowest BCUT2D eigenvalue weighted by molar-refractivity contribution is -0.116. The van der Waals surface area contributed by atoms with Crippen LogP contribution in [-0.2, 0) is 10.2 Å². The number of fused-ring (bicyclic) bond motifs is 2. The smallest absolute Gasteiger partial charge is 0.224 e. The molecule has 5 rings (SSSR count). The van der Waals surface area contributed by atoms with Crippen LogP contribution in [0.25, 0.3) is 21.8 Å². The van der Waals surface area contributed by atoms with Crippen molar-refractivity contribution in [2.24, 2.45) is 0 Å². The number of carbonyl (C=O) groups excluding carboxylic acids is 1. The average molecular weight is 390 g/mol. The molecule has 1 aliphatic carbocycles. The molecule has 0 saturated heterocycles. The molecule has 3 aromatic rings. The van der Waals surface area contributed by atoms with E-state index >= 15 is 0 Å². The third-order valence-electron chi connectivity index (χ3n) is 6.23. The van der Waals surface area contributed by atoms with Crippen molar-refractivity contribution in [2.45, 2.75) is 50.4 Å². The Morgan fingerprint density at radius 1 is 0.964 bits per heavy atom. The molecule has 1 aliphatic heterocycles. The van der Waals surface area contributed by atoms with E-state index in [1.807, 2.05) is 12.1 Å². The Bertz CT molecular complexity index is 1010. The van der Waals surface area contributed by atoms with E-state index in [2.05, 4.69) is 33.9 Å². The van der Waals surface area contributed by atoms with Crippen molar-refractivity contribution >= 4 is 22.9 Å². The van der Waals surface area contributed by atoms with Gasteiger partial charge in [-0.1, -0.05) is 25.3 Å². The Hall–Kier alpha value is -2.53. The number of carbonyl (C=O) groups is 1. The van der Waals surface area contributed by atoms with Gasteiger partial charge in [0, 0.05) is 41.0 Å². The minimum Gasteiger partial charge on any atom is -0.326 e. The van der Waals surface area contributed by atoms with Gasteiger partial charge in [0.15, 0.2) is 0 Å². The molecule has 142 valence electrons. The summed E-state index contributed by atoms with van der Waals surface area (Å²) in [5.74, 6) is 0.144. The maximum Gasteiger partial charge on any atom is 0.224 e. The van der Waals surface area contributed by atoms with E-state index < -0.39 is 0 Å². The van der Waals surface area contributed by atoms with Gasteiger partial charge in [0.05, 0.1) is 5.69 Å². The number of amides is 1. The van der Waals surface area contributed by atoms with Crippen LogP contribution < -0.4 is 5.32 Å². The summed E-state index contributed by atoms with van der Waals surface area (Å²) in [6.07, 6.45) is 11.3. The van der Waals surface area contributed by atoms with Gasteiger partial charge in [-0.2, -0.15) is 0 Å². The fourth-order valence-corrected chi connectivity index (χ4v) is 5.57. The Balaban J connectivity index is 1.56. The van der Waals surface area contributed by atoms with E-state index in [4.69, 9.17) is 4.98 Å². The minimum absolute atomic E-state index is 0.132. The molecule has 2 aromatic heterocycles. The first-order chi connectivity index (χ1) is 13.7. The van der Waals surface area contributed by atoms with Crippen molar-refractivity contribution in [3.8, 4) is 21.8 Å². The van der Waals surface area contributed by atoms with E-state index in [0.717, 1.165) is 33.9 Å². The van der Waals surface area contributed by atoms with E-state index in [-0.39, 0.29) is 11.3 Å². The number of hydrogen-bond acceptors (Lipinski definition) is 4. The fraction of sp³-hybridized carbons (Fsp3) is 0.348. The summed E-state index contributed by atoms with van der Waals surface area (Å²) in [7, 11) is 0. The standard InChI is InChI=1S/C23H23N3OS/c27-21-6-11-23(9-2-1-3-10-23)18-14-17(4-5-19(18)25-21)20-15-28-22(26-20)16-7-12-24-13-8-16/h4-5,7-8,12-15H,1-3,6,9-11H2,(H,25,27). The number of hydrogen-bond donors (Lipinski definition) is 1. The lowest BCUT2D eigenvalue weighted by Gasteiger charge is -2.38. The van der Waals surface area contributed by atoms with Crippen LogP contribution in [0.5, 0.6) is 0 Å². The second-order valence-corrected chi connectivity index (χ2v) is 8.78. The summed E-state index contributed by atoms with van der Waals surface area (Å²) < 4.78 is 0. The summed E-state index contributed by atoms with van der Waals surface area (Å²) in [6.45, 7) is 0. The maximum absolute atomic E-state index is 12.3. The summed E-state index contributed by atoms with van der Waals surface area (Å²) in [6, 6.07) is 10.4. The highest BCUT2D eigenvalue weighted by molar-refractivity contribution is 7.13. The van der Waals surface area contributed by atoms with E-state index in [9.17, 15) is 4.79 Å². The fourth-order valence-electron chi connectivity index (χ4n) is 4.73. The second kappa shape index (κ2) is 7.13. The molecule has 1 fully saturated rings. The topological polar surface area (TPSA) is 54.9 Å². The molecule has 3 heterocycles. The van der Waals surface area contributed by atoms with Crippen LogP contribution in [-0.4, -0.2) is 15.9 Å². The van der Waals surface area contributed by atoms with Gasteiger partial charge in [-0.3, -0.25) is 9.78 Å². The van der Waals surface area contributed by atoms with Crippen LogP contribution in [0.4, 0.5) is 5.69 Å². The highest BCUT2D eigenvalue weighted by Gasteiger charge is 2.38. The number of pyridine rings is 1. The maximum atomic E-state index is 12.3. The number of thiazole rings is 1. The highest BCUT2D eigenvalue weighted by Crippen LogP contribution is 2.48.